The average Bonchev–Trinajstić information content (AvgIpc) is 3.12. The Kier molecular flexibility index (Phi) is 5.56. The van der Waals surface area contributed by atoms with Gasteiger partial charge in [-0.2, -0.15) is 0 Å². The highest BCUT2D eigenvalue weighted by Crippen LogP contribution is 2.26. The molecule has 2 N–H and O–H groups in total. The minimum absolute atomic E-state index is 0.145. The Morgan fingerprint density at radius 2 is 2.00 bits per heavy atom. The van der Waals surface area contributed by atoms with Crippen LogP contribution in [0.4, 0.5) is 0 Å². The number of fused-ring (bicyclic) bond motifs is 1. The van der Waals surface area contributed by atoms with Gasteiger partial charge in [-0.1, -0.05) is 36.9 Å². The summed E-state index contributed by atoms with van der Waals surface area (Å²) in [5.41, 5.74) is 3.87. The molecule has 1 atom stereocenters. The van der Waals surface area contributed by atoms with Crippen LogP contribution >= 0.6 is 11.8 Å². The van der Waals surface area contributed by atoms with Crippen LogP contribution in [0.25, 0.3) is 0 Å². The van der Waals surface area contributed by atoms with Crippen molar-refractivity contribution in [2.24, 2.45) is 4.99 Å². The summed E-state index contributed by atoms with van der Waals surface area (Å²) in [6.45, 7) is 2.70. The predicted octanol–water partition coefficient (Wildman–Crippen LogP) is 2.35. The van der Waals surface area contributed by atoms with E-state index in [9.17, 15) is 9.59 Å². The standard InChI is InChI=1S/C18H23N3O2S/c1-2-15(14-8-7-12-5-3-4-6-13(12)11-14)20-16(22)17(23)21-18-19-9-10-24-18/h7-8,11,15H,2-6,9-10H2,1H3,(H,20,22)(H,19,21,23). The van der Waals surface area contributed by atoms with Crippen molar-refractivity contribution in [1.29, 1.82) is 0 Å². The molecule has 0 bridgehead atoms. The third kappa shape index (κ3) is 3.98. The summed E-state index contributed by atoms with van der Waals surface area (Å²) in [4.78, 5) is 28.3. The molecule has 5 nitrogen and oxygen atoms in total. The molecular formula is C18H23N3O2S. The minimum Gasteiger partial charge on any atom is -0.341 e. The van der Waals surface area contributed by atoms with Gasteiger partial charge in [0, 0.05) is 5.75 Å². The van der Waals surface area contributed by atoms with Crippen LogP contribution in [0.3, 0.4) is 0 Å². The van der Waals surface area contributed by atoms with E-state index in [2.05, 4.69) is 33.8 Å². The summed E-state index contributed by atoms with van der Waals surface area (Å²) in [6.07, 6.45) is 5.46. The monoisotopic (exact) mass is 345 g/mol. The molecule has 24 heavy (non-hydrogen) atoms. The zero-order chi connectivity index (χ0) is 16.9. The second kappa shape index (κ2) is 7.83. The van der Waals surface area contributed by atoms with Crippen molar-refractivity contribution >= 4 is 28.7 Å². The summed E-state index contributed by atoms with van der Waals surface area (Å²) in [6, 6.07) is 6.29. The van der Waals surface area contributed by atoms with E-state index in [1.807, 2.05) is 6.92 Å². The number of thioether (sulfide) groups is 1. The SMILES string of the molecule is CCC(NC(=O)C(=O)NC1=NCCS1)c1ccc2c(c1)CCCC2. The highest BCUT2D eigenvalue weighted by Gasteiger charge is 2.22. The summed E-state index contributed by atoms with van der Waals surface area (Å²) in [5.74, 6) is -0.390. The quantitative estimate of drug-likeness (QED) is 0.826. The number of amidine groups is 1. The van der Waals surface area contributed by atoms with Crippen molar-refractivity contribution in [3.05, 3.63) is 34.9 Å². The average molecular weight is 345 g/mol. The molecule has 6 heteroatoms. The van der Waals surface area contributed by atoms with Gasteiger partial charge in [-0.15, -0.1) is 0 Å². The van der Waals surface area contributed by atoms with E-state index < -0.39 is 11.8 Å². The molecule has 3 rings (SSSR count). The Labute approximate surface area is 146 Å². The van der Waals surface area contributed by atoms with Gasteiger partial charge in [0.15, 0.2) is 5.17 Å². The van der Waals surface area contributed by atoms with Gasteiger partial charge in [0.2, 0.25) is 0 Å². The summed E-state index contributed by atoms with van der Waals surface area (Å²) >= 11 is 1.46. The lowest BCUT2D eigenvalue weighted by atomic mass is 9.89. The Hall–Kier alpha value is -1.82. The zero-order valence-electron chi connectivity index (χ0n) is 13.9. The smallest absolute Gasteiger partial charge is 0.315 e. The molecule has 0 saturated heterocycles. The number of hydrogen-bond donors (Lipinski definition) is 2. The van der Waals surface area contributed by atoms with Gasteiger partial charge in [-0.3, -0.25) is 19.9 Å². The maximum Gasteiger partial charge on any atom is 0.315 e. The van der Waals surface area contributed by atoms with Crippen LogP contribution in [0.15, 0.2) is 23.2 Å². The molecule has 2 amide bonds. The normalized spacial score (nSPS) is 17.6. The molecule has 1 heterocycles. The first-order chi connectivity index (χ1) is 11.7. The van der Waals surface area contributed by atoms with Gasteiger partial charge in [0.25, 0.3) is 0 Å². The highest BCUT2D eigenvalue weighted by atomic mass is 32.2. The molecule has 1 aliphatic heterocycles. The number of aryl methyl sites for hydroxylation is 2. The Bertz CT molecular complexity index is 672. The van der Waals surface area contributed by atoms with Crippen molar-refractivity contribution in [2.75, 3.05) is 12.3 Å². The van der Waals surface area contributed by atoms with Crippen LogP contribution < -0.4 is 10.6 Å². The maximum absolute atomic E-state index is 12.2. The predicted molar refractivity (Wildman–Crippen MR) is 97.2 cm³/mol. The molecule has 0 aromatic heterocycles. The fraction of sp³-hybridized carbons (Fsp3) is 0.500. The first kappa shape index (κ1) is 17.0. The van der Waals surface area contributed by atoms with Crippen molar-refractivity contribution in [3.63, 3.8) is 0 Å². The van der Waals surface area contributed by atoms with Crippen LogP contribution in [-0.2, 0) is 22.4 Å². The van der Waals surface area contributed by atoms with Crippen LogP contribution in [0.2, 0.25) is 0 Å². The molecule has 0 fully saturated rings. The third-order valence-corrected chi connectivity index (χ3v) is 5.39. The lowest BCUT2D eigenvalue weighted by molar-refractivity contribution is -0.138. The zero-order valence-corrected chi connectivity index (χ0v) is 14.7. The first-order valence-corrected chi connectivity index (χ1v) is 9.56. The molecule has 1 aromatic carbocycles. The molecule has 1 unspecified atom stereocenters. The van der Waals surface area contributed by atoms with Crippen molar-refractivity contribution < 1.29 is 9.59 Å². The van der Waals surface area contributed by atoms with Gasteiger partial charge in [0.05, 0.1) is 12.6 Å². The topological polar surface area (TPSA) is 70.6 Å². The van der Waals surface area contributed by atoms with Gasteiger partial charge in [-0.25, -0.2) is 0 Å². The molecule has 0 saturated carbocycles. The van der Waals surface area contributed by atoms with E-state index in [1.54, 1.807) is 0 Å². The number of hydrogen-bond acceptors (Lipinski definition) is 4. The molecule has 0 spiro atoms. The lowest BCUT2D eigenvalue weighted by Gasteiger charge is -2.21. The number of rotatable bonds is 3. The fourth-order valence-electron chi connectivity index (χ4n) is 3.18. The molecular weight excluding hydrogens is 322 g/mol. The number of benzene rings is 1. The largest absolute Gasteiger partial charge is 0.341 e. The second-order valence-electron chi connectivity index (χ2n) is 6.16. The number of nitrogens with one attached hydrogen (secondary N) is 2. The Morgan fingerprint density at radius 3 is 2.71 bits per heavy atom. The molecule has 0 radical (unpaired) electrons. The number of carbonyl (C=O) groups excluding carboxylic acids is 2. The van der Waals surface area contributed by atoms with Gasteiger partial charge in [0.1, 0.15) is 0 Å². The fourth-order valence-corrected chi connectivity index (χ4v) is 3.90. The summed E-state index contributed by atoms with van der Waals surface area (Å²) in [5, 5.41) is 5.96. The molecule has 128 valence electrons. The van der Waals surface area contributed by atoms with Crippen LogP contribution in [-0.4, -0.2) is 29.3 Å². The van der Waals surface area contributed by atoms with E-state index in [0.717, 1.165) is 30.6 Å². The maximum atomic E-state index is 12.2. The number of nitrogens with zero attached hydrogens (tertiary/aromatic N) is 1. The minimum atomic E-state index is -0.639. The van der Waals surface area contributed by atoms with Crippen molar-refractivity contribution in [3.8, 4) is 0 Å². The summed E-state index contributed by atoms with van der Waals surface area (Å²) < 4.78 is 0. The highest BCUT2D eigenvalue weighted by molar-refractivity contribution is 8.14. The van der Waals surface area contributed by atoms with Gasteiger partial charge < -0.3 is 5.32 Å². The van der Waals surface area contributed by atoms with Crippen molar-refractivity contribution in [1.82, 2.24) is 10.6 Å². The van der Waals surface area contributed by atoms with Crippen LogP contribution in [0, 0.1) is 0 Å². The number of aliphatic imine (C=N–C) groups is 1. The van der Waals surface area contributed by atoms with Crippen molar-refractivity contribution in [2.45, 2.75) is 45.1 Å². The van der Waals surface area contributed by atoms with Gasteiger partial charge >= 0.3 is 11.8 Å². The number of carbonyl (C=O) groups is 2. The first-order valence-electron chi connectivity index (χ1n) is 8.58. The number of amides is 2. The molecule has 1 aromatic rings. The van der Waals surface area contributed by atoms with E-state index in [-0.39, 0.29) is 6.04 Å². The molecule has 2 aliphatic rings. The second-order valence-corrected chi connectivity index (χ2v) is 7.24. The summed E-state index contributed by atoms with van der Waals surface area (Å²) in [7, 11) is 0. The van der Waals surface area contributed by atoms with Crippen LogP contribution in [0.1, 0.15) is 48.9 Å². The van der Waals surface area contributed by atoms with E-state index in [4.69, 9.17) is 0 Å². The third-order valence-electron chi connectivity index (χ3n) is 4.50. The van der Waals surface area contributed by atoms with Crippen LogP contribution in [0.5, 0.6) is 0 Å². The molecule has 1 aliphatic carbocycles. The van der Waals surface area contributed by atoms with E-state index in [1.165, 1.54) is 35.7 Å². The van der Waals surface area contributed by atoms with E-state index in [0.29, 0.717) is 11.7 Å². The Morgan fingerprint density at radius 1 is 1.21 bits per heavy atom. The Balaban J connectivity index is 1.65. The van der Waals surface area contributed by atoms with Gasteiger partial charge in [-0.05, 0) is 48.8 Å². The lowest BCUT2D eigenvalue weighted by Crippen LogP contribution is -2.42. The van der Waals surface area contributed by atoms with E-state index >= 15 is 0 Å².